The van der Waals surface area contributed by atoms with Crippen LogP contribution in [-0.2, 0) is 11.8 Å². The average Bonchev–Trinajstić information content (AvgIpc) is 3.28. The Bertz CT molecular complexity index is 1230. The number of phenols is 2. The summed E-state index contributed by atoms with van der Waals surface area (Å²) in [6.45, 7) is 2.09. The quantitative estimate of drug-likeness (QED) is 0.361. The van der Waals surface area contributed by atoms with Crippen LogP contribution < -0.4 is 5.32 Å². The molecule has 0 atom stereocenters. The van der Waals surface area contributed by atoms with Crippen LogP contribution in [0, 0.1) is 17.8 Å². The smallest absolute Gasteiger partial charge is 0.265 e. The Morgan fingerprint density at radius 2 is 1.71 bits per heavy atom. The van der Waals surface area contributed by atoms with E-state index >= 15 is 0 Å². The molecule has 7 rings (SSSR count). The fourth-order valence-corrected chi connectivity index (χ4v) is 7.56. The molecule has 0 unspecified atom stereocenters. The highest BCUT2D eigenvalue weighted by Gasteiger charge is 2.52. The minimum Gasteiger partial charge on any atom is -0.507 e. The first kappa shape index (κ1) is 21.5. The summed E-state index contributed by atoms with van der Waals surface area (Å²) in [5, 5.41) is 26.2. The van der Waals surface area contributed by atoms with Gasteiger partial charge in [0.05, 0.1) is 6.20 Å². The molecular formula is C28H33N3O3. The highest BCUT2D eigenvalue weighted by molar-refractivity contribution is 6.12. The number of aromatic hydroxyl groups is 2. The van der Waals surface area contributed by atoms with Crippen molar-refractivity contribution in [2.24, 2.45) is 17.8 Å². The molecule has 0 radical (unpaired) electrons. The number of carbonyl (C=O) groups is 1. The minimum atomic E-state index is -0.551. The monoisotopic (exact) mass is 459 g/mol. The molecule has 1 heterocycles. The summed E-state index contributed by atoms with van der Waals surface area (Å²) in [5.74, 6) is 1.94. The van der Waals surface area contributed by atoms with Gasteiger partial charge in [0.1, 0.15) is 17.1 Å². The molecule has 1 aromatic heterocycles. The maximum atomic E-state index is 13.3. The Hall–Kier alpha value is -3.02. The number of nitrogens with zero attached hydrogens (tertiary/aromatic N) is 1. The van der Waals surface area contributed by atoms with Crippen molar-refractivity contribution in [2.45, 2.75) is 70.1 Å². The molecule has 2 aromatic carbocycles. The zero-order valence-corrected chi connectivity index (χ0v) is 19.7. The molecule has 4 aliphatic carbocycles. The van der Waals surface area contributed by atoms with Crippen LogP contribution in [0.4, 0.5) is 5.95 Å². The number of H-pyrrole nitrogens is 1. The number of benzene rings is 2. The van der Waals surface area contributed by atoms with E-state index in [9.17, 15) is 15.0 Å². The first-order valence-electron chi connectivity index (χ1n) is 12.8. The number of unbranched alkanes of at least 4 members (excludes halogenated alkanes) is 1. The van der Waals surface area contributed by atoms with Crippen LogP contribution in [0.1, 0.15) is 79.9 Å². The number of amides is 1. The van der Waals surface area contributed by atoms with Crippen molar-refractivity contribution in [1.29, 1.82) is 0 Å². The number of hydrogen-bond acceptors (Lipinski definition) is 4. The molecule has 4 saturated carbocycles. The Morgan fingerprint density at radius 1 is 1.06 bits per heavy atom. The number of rotatable bonds is 6. The third-order valence-corrected chi connectivity index (χ3v) is 8.69. The molecule has 6 nitrogen and oxygen atoms in total. The number of phenolic OH excluding ortho intramolecular Hbond substituents is 2. The highest BCUT2D eigenvalue weighted by Crippen LogP contribution is 2.60. The van der Waals surface area contributed by atoms with Crippen molar-refractivity contribution in [3.05, 3.63) is 47.3 Å². The number of anilines is 1. The van der Waals surface area contributed by atoms with Crippen molar-refractivity contribution in [3.63, 3.8) is 0 Å². The van der Waals surface area contributed by atoms with Gasteiger partial charge >= 0.3 is 0 Å². The second-order valence-corrected chi connectivity index (χ2v) is 11.0. The second-order valence-electron chi connectivity index (χ2n) is 11.0. The van der Waals surface area contributed by atoms with E-state index in [4.69, 9.17) is 0 Å². The predicted octanol–water partition coefficient (Wildman–Crippen LogP) is 6.04. The summed E-state index contributed by atoms with van der Waals surface area (Å²) in [7, 11) is 0. The van der Waals surface area contributed by atoms with Gasteiger partial charge in [0.15, 0.2) is 0 Å². The van der Waals surface area contributed by atoms with E-state index in [2.05, 4.69) is 22.2 Å². The summed E-state index contributed by atoms with van der Waals surface area (Å²) in [6.07, 6.45) is 12.1. The molecular weight excluding hydrogens is 426 g/mol. The lowest BCUT2D eigenvalue weighted by Gasteiger charge is -2.56. The summed E-state index contributed by atoms with van der Waals surface area (Å²) in [6, 6.07) is 7.38. The Labute approximate surface area is 199 Å². The van der Waals surface area contributed by atoms with Crippen LogP contribution in [0.5, 0.6) is 11.5 Å². The van der Waals surface area contributed by atoms with E-state index in [1.165, 1.54) is 38.5 Å². The number of aromatic nitrogens is 2. The first-order valence-corrected chi connectivity index (χ1v) is 12.8. The summed E-state index contributed by atoms with van der Waals surface area (Å²) in [5.41, 5.74) is 1.90. The van der Waals surface area contributed by atoms with Crippen LogP contribution in [-0.4, -0.2) is 26.1 Å². The molecule has 0 aliphatic heterocycles. The lowest BCUT2D eigenvalue weighted by Crippen LogP contribution is -2.48. The van der Waals surface area contributed by atoms with Gasteiger partial charge in [-0.2, -0.15) is 0 Å². The molecule has 0 saturated heterocycles. The fourth-order valence-electron chi connectivity index (χ4n) is 7.56. The number of hydrogen-bond donors (Lipinski definition) is 4. The third-order valence-electron chi connectivity index (χ3n) is 8.69. The second kappa shape index (κ2) is 8.03. The SMILES string of the molecule is CCCCc1c(O)c(C(=O)Nc2ncc(C34CC5CC(CC(C5)C3)C4)[nH]2)c(O)c2ccccc12. The third kappa shape index (κ3) is 3.38. The summed E-state index contributed by atoms with van der Waals surface area (Å²) < 4.78 is 0. The lowest BCUT2D eigenvalue weighted by molar-refractivity contribution is -0.00698. The maximum absolute atomic E-state index is 13.3. The van der Waals surface area contributed by atoms with E-state index < -0.39 is 5.91 Å². The normalized spacial score (nSPS) is 27.4. The largest absolute Gasteiger partial charge is 0.507 e. The topological polar surface area (TPSA) is 98.2 Å². The van der Waals surface area contributed by atoms with Crippen molar-refractivity contribution in [1.82, 2.24) is 9.97 Å². The number of fused-ring (bicyclic) bond motifs is 1. The number of aryl methyl sites for hydroxylation is 1. The van der Waals surface area contributed by atoms with Gasteiger partial charge in [0, 0.05) is 22.1 Å². The van der Waals surface area contributed by atoms with Crippen LogP contribution in [0.3, 0.4) is 0 Å². The van der Waals surface area contributed by atoms with E-state index in [1.54, 1.807) is 6.07 Å². The van der Waals surface area contributed by atoms with Gasteiger partial charge in [-0.1, -0.05) is 37.6 Å². The van der Waals surface area contributed by atoms with Crippen molar-refractivity contribution in [2.75, 3.05) is 5.32 Å². The molecule has 4 bridgehead atoms. The molecule has 6 heteroatoms. The van der Waals surface area contributed by atoms with Crippen LogP contribution in [0.25, 0.3) is 10.8 Å². The average molecular weight is 460 g/mol. The molecule has 3 aromatic rings. The van der Waals surface area contributed by atoms with Crippen LogP contribution in [0.2, 0.25) is 0 Å². The van der Waals surface area contributed by atoms with Gasteiger partial charge in [-0.3, -0.25) is 10.1 Å². The summed E-state index contributed by atoms with van der Waals surface area (Å²) >= 11 is 0. The van der Waals surface area contributed by atoms with Crippen LogP contribution in [0.15, 0.2) is 30.5 Å². The zero-order chi connectivity index (χ0) is 23.4. The number of carbonyl (C=O) groups excluding carboxylic acids is 1. The predicted molar refractivity (Wildman–Crippen MR) is 132 cm³/mol. The van der Waals surface area contributed by atoms with Crippen LogP contribution >= 0.6 is 0 Å². The van der Waals surface area contributed by atoms with E-state index in [1.807, 2.05) is 24.4 Å². The van der Waals surface area contributed by atoms with Gasteiger partial charge in [0.25, 0.3) is 5.91 Å². The van der Waals surface area contributed by atoms with Crippen molar-refractivity contribution in [3.8, 4) is 11.5 Å². The molecule has 4 fully saturated rings. The Balaban J connectivity index is 1.31. The molecule has 1 amide bonds. The minimum absolute atomic E-state index is 0.0856. The van der Waals surface area contributed by atoms with E-state index in [0.29, 0.717) is 23.3 Å². The Kier molecular flexibility index (Phi) is 5.08. The maximum Gasteiger partial charge on any atom is 0.265 e. The number of nitrogens with one attached hydrogen (secondary N) is 2. The molecule has 4 N–H and O–H groups in total. The van der Waals surface area contributed by atoms with E-state index in [0.717, 1.165) is 41.7 Å². The summed E-state index contributed by atoms with van der Waals surface area (Å²) in [4.78, 5) is 21.2. The molecule has 0 spiro atoms. The zero-order valence-electron chi connectivity index (χ0n) is 19.7. The van der Waals surface area contributed by atoms with Gasteiger partial charge in [-0.05, 0) is 74.5 Å². The van der Waals surface area contributed by atoms with Gasteiger partial charge in [0.2, 0.25) is 5.95 Å². The van der Waals surface area contributed by atoms with Gasteiger partial charge in [-0.25, -0.2) is 4.98 Å². The standard InChI is InChI=1S/C28H33N3O3/c1-2-3-6-20-19-7-4-5-8-21(19)25(33)23(24(20)32)26(34)31-27-29-15-22(30-27)28-12-16-9-17(13-28)11-18(10-16)14-28/h4-5,7-8,15-18,32-33H,2-3,6,9-14H2,1H3,(H2,29,30,31,34). The number of aromatic amines is 1. The first-order chi connectivity index (χ1) is 16.5. The highest BCUT2D eigenvalue weighted by atomic mass is 16.3. The van der Waals surface area contributed by atoms with Crippen molar-refractivity contribution < 1.29 is 15.0 Å². The van der Waals surface area contributed by atoms with E-state index in [-0.39, 0.29) is 22.5 Å². The fraction of sp³-hybridized carbons (Fsp3) is 0.500. The Morgan fingerprint density at radius 3 is 2.35 bits per heavy atom. The molecule has 4 aliphatic rings. The molecule has 178 valence electrons. The van der Waals surface area contributed by atoms with Gasteiger partial charge in [-0.15, -0.1) is 0 Å². The number of imidazole rings is 1. The van der Waals surface area contributed by atoms with Crippen molar-refractivity contribution >= 4 is 22.6 Å². The lowest BCUT2D eigenvalue weighted by atomic mass is 9.49. The van der Waals surface area contributed by atoms with Gasteiger partial charge < -0.3 is 15.2 Å². The molecule has 34 heavy (non-hydrogen) atoms.